The zero-order chi connectivity index (χ0) is 18.3. The first kappa shape index (κ1) is 18.7. The zero-order valence-corrected chi connectivity index (χ0v) is 13.6. The lowest BCUT2D eigenvalue weighted by Crippen LogP contribution is -2.15. The fraction of sp³-hybridized carbons (Fsp3) is 0.294. The van der Waals surface area contributed by atoms with Crippen LogP contribution in [0.1, 0.15) is 18.4 Å². The number of anilines is 1. The molecule has 0 aliphatic carbocycles. The van der Waals surface area contributed by atoms with E-state index in [2.05, 4.69) is 15.6 Å². The molecular weight excluding hydrogens is 335 g/mol. The zero-order valence-electron chi connectivity index (χ0n) is 13.6. The van der Waals surface area contributed by atoms with E-state index in [-0.39, 0.29) is 17.5 Å². The van der Waals surface area contributed by atoms with E-state index >= 15 is 0 Å². The number of hydrogen-bond donors (Lipinski definition) is 2. The highest BCUT2D eigenvalue weighted by molar-refractivity contribution is 5.90. The molecule has 2 N–H and O–H groups in total. The molecule has 0 saturated heterocycles. The standard InChI is InChI=1S/C17H18F3N3O2/c1-21-10-2-3-15(24)23-13-6-9-16(22-11-13)25-14-7-4-12(5-8-14)17(18,19)20/h4-9,11,21H,2-3,10H2,1H3,(H,23,24). The van der Waals surface area contributed by atoms with Gasteiger partial charge in [0.25, 0.3) is 0 Å². The number of nitrogens with zero attached hydrogens (tertiary/aromatic N) is 1. The molecule has 0 aliphatic rings. The van der Waals surface area contributed by atoms with Crippen LogP contribution in [0, 0.1) is 0 Å². The molecule has 8 heteroatoms. The molecule has 0 saturated carbocycles. The van der Waals surface area contributed by atoms with E-state index in [1.807, 2.05) is 7.05 Å². The van der Waals surface area contributed by atoms with Crippen molar-refractivity contribution in [1.29, 1.82) is 0 Å². The van der Waals surface area contributed by atoms with E-state index in [1.54, 1.807) is 6.07 Å². The van der Waals surface area contributed by atoms with Gasteiger partial charge in [0.1, 0.15) is 5.75 Å². The van der Waals surface area contributed by atoms with Crippen LogP contribution in [-0.2, 0) is 11.0 Å². The van der Waals surface area contributed by atoms with Crippen LogP contribution in [0.3, 0.4) is 0 Å². The molecule has 5 nitrogen and oxygen atoms in total. The van der Waals surface area contributed by atoms with Crippen molar-refractivity contribution < 1.29 is 22.7 Å². The summed E-state index contributed by atoms with van der Waals surface area (Å²) in [5.41, 5.74) is -0.224. The van der Waals surface area contributed by atoms with Gasteiger partial charge in [-0.15, -0.1) is 0 Å². The van der Waals surface area contributed by atoms with Crippen molar-refractivity contribution in [1.82, 2.24) is 10.3 Å². The predicted molar refractivity (Wildman–Crippen MR) is 87.5 cm³/mol. The molecule has 0 spiro atoms. The van der Waals surface area contributed by atoms with Crippen molar-refractivity contribution in [2.45, 2.75) is 19.0 Å². The van der Waals surface area contributed by atoms with E-state index in [4.69, 9.17) is 4.74 Å². The summed E-state index contributed by atoms with van der Waals surface area (Å²) in [6.07, 6.45) is -1.84. The summed E-state index contributed by atoms with van der Waals surface area (Å²) in [7, 11) is 1.82. The normalized spacial score (nSPS) is 11.2. The number of nitrogens with one attached hydrogen (secondary N) is 2. The molecule has 2 rings (SSSR count). The first-order valence-corrected chi connectivity index (χ1v) is 7.64. The molecule has 0 bridgehead atoms. The Morgan fingerprint density at radius 3 is 2.44 bits per heavy atom. The molecular formula is C17H18F3N3O2. The number of carbonyl (C=O) groups is 1. The maximum Gasteiger partial charge on any atom is 0.416 e. The van der Waals surface area contributed by atoms with E-state index in [0.717, 1.165) is 25.1 Å². The maximum atomic E-state index is 12.5. The highest BCUT2D eigenvalue weighted by atomic mass is 19.4. The Balaban J connectivity index is 1.90. The lowest BCUT2D eigenvalue weighted by atomic mass is 10.2. The minimum Gasteiger partial charge on any atom is -0.439 e. The van der Waals surface area contributed by atoms with E-state index in [9.17, 15) is 18.0 Å². The molecule has 0 unspecified atom stereocenters. The average molecular weight is 353 g/mol. The number of carbonyl (C=O) groups excluding carboxylic acids is 1. The Morgan fingerprint density at radius 1 is 1.16 bits per heavy atom. The van der Waals surface area contributed by atoms with Crippen LogP contribution >= 0.6 is 0 Å². The number of aromatic nitrogens is 1. The molecule has 0 radical (unpaired) electrons. The monoisotopic (exact) mass is 353 g/mol. The Bertz CT molecular complexity index is 686. The molecule has 25 heavy (non-hydrogen) atoms. The summed E-state index contributed by atoms with van der Waals surface area (Å²) in [5, 5.41) is 5.66. The second kappa shape index (κ2) is 8.48. The second-order valence-electron chi connectivity index (χ2n) is 5.26. The van der Waals surface area contributed by atoms with Crippen molar-refractivity contribution >= 4 is 11.6 Å². The topological polar surface area (TPSA) is 63.2 Å². The van der Waals surface area contributed by atoms with Gasteiger partial charge in [0.05, 0.1) is 17.4 Å². The van der Waals surface area contributed by atoms with Gasteiger partial charge in [-0.05, 0) is 50.3 Å². The van der Waals surface area contributed by atoms with Crippen LogP contribution in [0.15, 0.2) is 42.6 Å². The lowest BCUT2D eigenvalue weighted by Gasteiger charge is -2.09. The van der Waals surface area contributed by atoms with Crippen molar-refractivity contribution in [3.05, 3.63) is 48.2 Å². The third-order valence-electron chi connectivity index (χ3n) is 3.25. The minimum absolute atomic E-state index is 0.117. The second-order valence-corrected chi connectivity index (χ2v) is 5.26. The molecule has 0 fully saturated rings. The van der Waals surface area contributed by atoms with Gasteiger partial charge in [0, 0.05) is 12.5 Å². The number of halogens is 3. The van der Waals surface area contributed by atoms with E-state index in [0.29, 0.717) is 12.1 Å². The SMILES string of the molecule is CNCCCC(=O)Nc1ccc(Oc2ccc(C(F)(F)F)cc2)nc1. The van der Waals surface area contributed by atoms with Crippen molar-refractivity contribution in [2.24, 2.45) is 0 Å². The fourth-order valence-electron chi connectivity index (χ4n) is 2.00. The van der Waals surface area contributed by atoms with Crippen LogP contribution in [-0.4, -0.2) is 24.5 Å². The van der Waals surface area contributed by atoms with Crippen molar-refractivity contribution in [3.63, 3.8) is 0 Å². The molecule has 1 amide bonds. The number of benzene rings is 1. The number of ether oxygens (including phenoxy) is 1. The molecule has 2 aromatic rings. The van der Waals surface area contributed by atoms with Crippen LogP contribution < -0.4 is 15.4 Å². The fourth-order valence-corrected chi connectivity index (χ4v) is 2.00. The largest absolute Gasteiger partial charge is 0.439 e. The third kappa shape index (κ3) is 6.07. The molecule has 0 aliphatic heterocycles. The summed E-state index contributed by atoms with van der Waals surface area (Å²) in [6.45, 7) is 0.756. The lowest BCUT2D eigenvalue weighted by molar-refractivity contribution is -0.137. The quantitative estimate of drug-likeness (QED) is 0.743. The summed E-state index contributed by atoms with van der Waals surface area (Å²) in [6, 6.07) is 7.47. The smallest absolute Gasteiger partial charge is 0.416 e. The first-order valence-electron chi connectivity index (χ1n) is 7.64. The van der Waals surface area contributed by atoms with Gasteiger partial charge < -0.3 is 15.4 Å². The van der Waals surface area contributed by atoms with E-state index in [1.165, 1.54) is 24.4 Å². The number of pyridine rings is 1. The number of hydrogen-bond acceptors (Lipinski definition) is 4. The summed E-state index contributed by atoms with van der Waals surface area (Å²) < 4.78 is 42.9. The predicted octanol–water partition coefficient (Wildman–Crippen LogP) is 3.83. The van der Waals surface area contributed by atoms with Crippen molar-refractivity contribution in [3.8, 4) is 11.6 Å². The van der Waals surface area contributed by atoms with Gasteiger partial charge >= 0.3 is 6.18 Å². The van der Waals surface area contributed by atoms with Gasteiger partial charge in [-0.2, -0.15) is 13.2 Å². The summed E-state index contributed by atoms with van der Waals surface area (Å²) >= 11 is 0. The molecule has 1 heterocycles. The van der Waals surface area contributed by atoms with Crippen LogP contribution in [0.4, 0.5) is 18.9 Å². The van der Waals surface area contributed by atoms with Gasteiger partial charge in [-0.25, -0.2) is 4.98 Å². The highest BCUT2D eigenvalue weighted by Gasteiger charge is 2.30. The third-order valence-corrected chi connectivity index (χ3v) is 3.25. The number of amides is 1. The van der Waals surface area contributed by atoms with Gasteiger partial charge in [-0.1, -0.05) is 0 Å². The summed E-state index contributed by atoms with van der Waals surface area (Å²) in [5.74, 6) is 0.339. The minimum atomic E-state index is -4.39. The molecule has 0 atom stereocenters. The average Bonchev–Trinajstić information content (AvgIpc) is 2.57. The van der Waals surface area contributed by atoms with Crippen molar-refractivity contribution in [2.75, 3.05) is 18.9 Å². The summed E-state index contributed by atoms with van der Waals surface area (Å²) in [4.78, 5) is 15.7. The number of rotatable bonds is 7. The van der Waals surface area contributed by atoms with Gasteiger partial charge in [0.2, 0.25) is 11.8 Å². The Morgan fingerprint density at radius 2 is 1.88 bits per heavy atom. The van der Waals surface area contributed by atoms with Crippen LogP contribution in [0.25, 0.3) is 0 Å². The van der Waals surface area contributed by atoms with Gasteiger partial charge in [-0.3, -0.25) is 4.79 Å². The Kier molecular flexibility index (Phi) is 6.35. The molecule has 1 aromatic heterocycles. The van der Waals surface area contributed by atoms with E-state index < -0.39 is 11.7 Å². The van der Waals surface area contributed by atoms with Crippen LogP contribution in [0.5, 0.6) is 11.6 Å². The Hall–Kier alpha value is -2.61. The number of alkyl halides is 3. The first-order chi connectivity index (χ1) is 11.9. The highest BCUT2D eigenvalue weighted by Crippen LogP contribution is 2.31. The maximum absolute atomic E-state index is 12.5. The van der Waals surface area contributed by atoms with Crippen LogP contribution in [0.2, 0.25) is 0 Å². The van der Waals surface area contributed by atoms with Gasteiger partial charge in [0.15, 0.2) is 0 Å². The molecule has 134 valence electrons. The Labute approximate surface area is 143 Å². The molecule has 1 aromatic carbocycles.